The van der Waals surface area contributed by atoms with E-state index in [1.807, 2.05) is 19.1 Å². The Morgan fingerprint density at radius 2 is 2.08 bits per heavy atom. The Kier molecular flexibility index (Phi) is 2.81. The molecule has 1 nitrogen and oxygen atoms in total. The molecule has 1 heteroatoms. The Hall–Kier alpha value is -1.37. The summed E-state index contributed by atoms with van der Waals surface area (Å²) in [6, 6.07) is 8.25. The van der Waals surface area contributed by atoms with Crippen molar-refractivity contribution < 1.29 is 0 Å². The highest BCUT2D eigenvalue weighted by atomic mass is 14.6. The third kappa shape index (κ3) is 1.82. The van der Waals surface area contributed by atoms with Crippen LogP contribution in [0.1, 0.15) is 18.1 Å². The van der Waals surface area contributed by atoms with E-state index < -0.39 is 0 Å². The first-order valence-corrected chi connectivity index (χ1v) is 3.94. The van der Waals surface area contributed by atoms with Crippen molar-refractivity contribution in [2.75, 3.05) is 0 Å². The molecule has 0 aliphatic carbocycles. The van der Waals surface area contributed by atoms with Crippen LogP contribution in [0.25, 0.3) is 5.57 Å². The standard InChI is InChI=1S/C11H13N/c1-9-6-4-5-7-11(9)10(2)8-12-3/h4-8H,3H2,1-2H3/b10-8-. The van der Waals surface area contributed by atoms with Crippen molar-refractivity contribution in [2.45, 2.75) is 13.8 Å². The van der Waals surface area contributed by atoms with E-state index in [0.717, 1.165) is 5.57 Å². The number of rotatable bonds is 2. The molecule has 0 aliphatic rings. The molecule has 0 saturated carbocycles. The van der Waals surface area contributed by atoms with E-state index in [0.29, 0.717) is 0 Å². The third-order valence-corrected chi connectivity index (χ3v) is 1.85. The summed E-state index contributed by atoms with van der Waals surface area (Å²) < 4.78 is 0. The molecule has 1 aromatic carbocycles. The predicted molar refractivity (Wildman–Crippen MR) is 54.4 cm³/mol. The zero-order valence-electron chi connectivity index (χ0n) is 7.54. The number of allylic oxidation sites excluding steroid dienone is 1. The zero-order valence-corrected chi connectivity index (χ0v) is 7.54. The summed E-state index contributed by atoms with van der Waals surface area (Å²) in [7, 11) is 0. The van der Waals surface area contributed by atoms with Crippen LogP contribution < -0.4 is 0 Å². The van der Waals surface area contributed by atoms with E-state index in [2.05, 4.69) is 30.8 Å². The van der Waals surface area contributed by atoms with Gasteiger partial charge in [-0.25, -0.2) is 0 Å². The van der Waals surface area contributed by atoms with Gasteiger partial charge in [0.2, 0.25) is 0 Å². The Labute approximate surface area is 73.5 Å². The quantitative estimate of drug-likeness (QED) is 0.588. The minimum absolute atomic E-state index is 1.16. The molecular weight excluding hydrogens is 146 g/mol. The summed E-state index contributed by atoms with van der Waals surface area (Å²) in [6.45, 7) is 7.56. The monoisotopic (exact) mass is 159 g/mol. The molecule has 1 aromatic rings. The lowest BCUT2D eigenvalue weighted by Crippen LogP contribution is -1.83. The van der Waals surface area contributed by atoms with E-state index in [-0.39, 0.29) is 0 Å². The smallest absolute Gasteiger partial charge is 0.0295 e. The fraction of sp³-hybridized carbons (Fsp3) is 0.182. The van der Waals surface area contributed by atoms with Gasteiger partial charge in [0.15, 0.2) is 0 Å². The molecule has 12 heavy (non-hydrogen) atoms. The summed E-state index contributed by atoms with van der Waals surface area (Å²) in [5, 5.41) is 0. The number of nitrogens with zero attached hydrogens (tertiary/aromatic N) is 1. The summed E-state index contributed by atoms with van der Waals surface area (Å²) in [5.41, 5.74) is 3.67. The molecule has 0 amide bonds. The molecule has 0 aromatic heterocycles. The van der Waals surface area contributed by atoms with Crippen LogP contribution in [-0.2, 0) is 0 Å². The molecule has 0 spiro atoms. The maximum atomic E-state index is 3.74. The maximum absolute atomic E-state index is 3.74. The number of aliphatic imine (C=N–C) groups is 1. The molecule has 1 rings (SSSR count). The summed E-state index contributed by atoms with van der Waals surface area (Å²) in [5.74, 6) is 0. The van der Waals surface area contributed by atoms with Gasteiger partial charge in [-0.3, -0.25) is 4.99 Å². The molecule has 0 bridgehead atoms. The lowest BCUT2D eigenvalue weighted by Gasteiger charge is -2.03. The van der Waals surface area contributed by atoms with Crippen LogP contribution in [0.2, 0.25) is 0 Å². The molecule has 0 aliphatic heterocycles. The van der Waals surface area contributed by atoms with E-state index in [4.69, 9.17) is 0 Å². The Morgan fingerprint density at radius 1 is 1.42 bits per heavy atom. The van der Waals surface area contributed by atoms with E-state index in [1.165, 1.54) is 11.1 Å². The largest absolute Gasteiger partial charge is 0.272 e. The number of aryl methyl sites for hydroxylation is 1. The average Bonchev–Trinajstić information content (AvgIpc) is 2.05. The van der Waals surface area contributed by atoms with Crippen LogP contribution in [0.5, 0.6) is 0 Å². The minimum Gasteiger partial charge on any atom is -0.272 e. The van der Waals surface area contributed by atoms with E-state index >= 15 is 0 Å². The third-order valence-electron chi connectivity index (χ3n) is 1.85. The lowest BCUT2D eigenvalue weighted by atomic mass is 10.0. The van der Waals surface area contributed by atoms with Gasteiger partial charge in [-0.15, -0.1) is 0 Å². The molecule has 0 radical (unpaired) electrons. The minimum atomic E-state index is 1.16. The Balaban J connectivity index is 3.10. The fourth-order valence-corrected chi connectivity index (χ4v) is 1.22. The number of hydrogen-bond acceptors (Lipinski definition) is 1. The summed E-state index contributed by atoms with van der Waals surface area (Å²) in [4.78, 5) is 3.74. The zero-order chi connectivity index (χ0) is 8.97. The molecular formula is C11H13N. The first-order valence-electron chi connectivity index (χ1n) is 3.94. The Morgan fingerprint density at radius 3 is 2.67 bits per heavy atom. The van der Waals surface area contributed by atoms with Gasteiger partial charge in [0, 0.05) is 6.20 Å². The summed E-state index contributed by atoms with van der Waals surface area (Å²) >= 11 is 0. The van der Waals surface area contributed by atoms with Gasteiger partial charge in [-0.2, -0.15) is 0 Å². The van der Waals surface area contributed by atoms with Crippen molar-refractivity contribution in [3.63, 3.8) is 0 Å². The molecule has 0 heterocycles. The van der Waals surface area contributed by atoms with Gasteiger partial charge in [0.25, 0.3) is 0 Å². The molecule has 0 N–H and O–H groups in total. The van der Waals surface area contributed by atoms with Crippen LogP contribution in [0.4, 0.5) is 0 Å². The van der Waals surface area contributed by atoms with Crippen molar-refractivity contribution in [3.8, 4) is 0 Å². The van der Waals surface area contributed by atoms with Crippen molar-refractivity contribution >= 4 is 12.3 Å². The van der Waals surface area contributed by atoms with Gasteiger partial charge in [-0.1, -0.05) is 24.3 Å². The van der Waals surface area contributed by atoms with E-state index in [9.17, 15) is 0 Å². The van der Waals surface area contributed by atoms with Crippen molar-refractivity contribution in [1.29, 1.82) is 0 Å². The lowest BCUT2D eigenvalue weighted by molar-refractivity contribution is 1.40. The second-order valence-electron chi connectivity index (χ2n) is 2.81. The number of benzene rings is 1. The van der Waals surface area contributed by atoms with Crippen LogP contribution in [0, 0.1) is 6.92 Å². The van der Waals surface area contributed by atoms with Gasteiger partial charge >= 0.3 is 0 Å². The number of hydrogen-bond donors (Lipinski definition) is 0. The van der Waals surface area contributed by atoms with Crippen LogP contribution in [-0.4, -0.2) is 6.72 Å². The molecule has 0 fully saturated rings. The highest BCUT2D eigenvalue weighted by Gasteiger charge is 1.96. The first kappa shape index (κ1) is 8.72. The molecule has 0 atom stereocenters. The maximum Gasteiger partial charge on any atom is 0.0295 e. The molecule has 0 unspecified atom stereocenters. The van der Waals surface area contributed by atoms with Crippen molar-refractivity contribution in [1.82, 2.24) is 0 Å². The van der Waals surface area contributed by atoms with Gasteiger partial charge in [-0.05, 0) is 37.3 Å². The Bertz CT molecular complexity index is 311. The SMILES string of the molecule is C=N/C=C(/C)c1ccccc1C. The second-order valence-corrected chi connectivity index (χ2v) is 2.81. The highest BCUT2D eigenvalue weighted by molar-refractivity contribution is 5.66. The van der Waals surface area contributed by atoms with Crippen LogP contribution >= 0.6 is 0 Å². The van der Waals surface area contributed by atoms with E-state index in [1.54, 1.807) is 6.20 Å². The van der Waals surface area contributed by atoms with Gasteiger partial charge < -0.3 is 0 Å². The van der Waals surface area contributed by atoms with Crippen LogP contribution in [0.15, 0.2) is 35.5 Å². The summed E-state index contributed by atoms with van der Waals surface area (Å²) in [6.07, 6.45) is 1.78. The van der Waals surface area contributed by atoms with Crippen LogP contribution in [0.3, 0.4) is 0 Å². The second kappa shape index (κ2) is 3.86. The topological polar surface area (TPSA) is 12.4 Å². The predicted octanol–water partition coefficient (Wildman–Crippen LogP) is 3.06. The highest BCUT2D eigenvalue weighted by Crippen LogP contribution is 2.17. The molecule has 62 valence electrons. The normalized spacial score (nSPS) is 11.3. The van der Waals surface area contributed by atoms with Crippen molar-refractivity contribution in [3.05, 3.63) is 41.6 Å². The fourth-order valence-electron chi connectivity index (χ4n) is 1.22. The van der Waals surface area contributed by atoms with Gasteiger partial charge in [0.05, 0.1) is 0 Å². The molecule has 0 saturated heterocycles. The van der Waals surface area contributed by atoms with Gasteiger partial charge in [0.1, 0.15) is 0 Å². The van der Waals surface area contributed by atoms with Crippen molar-refractivity contribution in [2.24, 2.45) is 4.99 Å². The average molecular weight is 159 g/mol. The first-order chi connectivity index (χ1) is 5.75.